The highest BCUT2D eigenvalue weighted by Crippen LogP contribution is 2.38. The van der Waals surface area contributed by atoms with E-state index in [1.54, 1.807) is 23.0 Å². The Balaban J connectivity index is 1.62. The normalized spacial score (nSPS) is 29.2. The molecule has 0 bridgehead atoms. The van der Waals surface area contributed by atoms with Gasteiger partial charge in [0.25, 0.3) is 0 Å². The number of ether oxygens (including phenoxy) is 1. The monoisotopic (exact) mass is 409 g/mol. The largest absolute Gasteiger partial charge is 0.409 e. The Hall–Kier alpha value is -2.30. The van der Waals surface area contributed by atoms with Gasteiger partial charge in [0.2, 0.25) is 0 Å². The Bertz CT molecular complexity index is 963. The van der Waals surface area contributed by atoms with E-state index in [9.17, 15) is 19.7 Å². The molecule has 1 aromatic carbocycles. The number of nitrogens with zero attached hydrogens (tertiary/aromatic N) is 3. The van der Waals surface area contributed by atoms with Gasteiger partial charge in [-0.15, -0.1) is 0 Å². The first kappa shape index (κ1) is 19.0. The zero-order valence-corrected chi connectivity index (χ0v) is 15.1. The molecule has 0 spiro atoms. The molecule has 8 nitrogen and oxygen atoms in total. The van der Waals surface area contributed by atoms with Crippen LogP contribution in [0.3, 0.4) is 0 Å². The third-order valence-corrected chi connectivity index (χ3v) is 5.31. The van der Waals surface area contributed by atoms with Crippen LogP contribution in [0.2, 0.25) is 5.02 Å². The van der Waals surface area contributed by atoms with Crippen molar-refractivity contribution in [3.63, 3.8) is 0 Å². The van der Waals surface area contributed by atoms with Crippen LogP contribution < -0.4 is 0 Å². The maximum Gasteiger partial charge on any atom is 0.199 e. The highest BCUT2D eigenvalue weighted by atomic mass is 35.5. The Labute approximate surface area is 163 Å². The third kappa shape index (κ3) is 3.01. The summed E-state index contributed by atoms with van der Waals surface area (Å²) in [6.45, 7) is 0. The zero-order valence-electron chi connectivity index (χ0n) is 14.4. The molecule has 28 heavy (non-hydrogen) atoms. The first-order valence-electron chi connectivity index (χ1n) is 8.51. The fourth-order valence-electron chi connectivity index (χ4n) is 3.57. The summed E-state index contributed by atoms with van der Waals surface area (Å²) in [4.78, 5) is 3.98. The van der Waals surface area contributed by atoms with Crippen LogP contribution in [0.5, 0.6) is 0 Å². The lowest BCUT2D eigenvalue weighted by atomic mass is 9.99. The molecule has 10 heteroatoms. The second-order valence-corrected chi connectivity index (χ2v) is 7.02. The van der Waals surface area contributed by atoms with E-state index in [4.69, 9.17) is 21.5 Å². The van der Waals surface area contributed by atoms with Crippen LogP contribution >= 0.6 is 11.6 Å². The summed E-state index contributed by atoms with van der Waals surface area (Å²) in [6.07, 6.45) is -2.77. The summed E-state index contributed by atoms with van der Waals surface area (Å²) >= 11 is 5.66. The minimum Gasteiger partial charge on any atom is -0.409 e. The Kier molecular flexibility index (Phi) is 4.94. The molecule has 1 fully saturated rings. The molecule has 0 unspecified atom stereocenters. The average molecular weight is 410 g/mol. The quantitative estimate of drug-likeness (QED) is 0.451. The molecule has 0 aliphatic carbocycles. The van der Waals surface area contributed by atoms with E-state index in [0.717, 1.165) is 6.07 Å². The van der Waals surface area contributed by atoms with E-state index in [1.807, 2.05) is 0 Å². The van der Waals surface area contributed by atoms with E-state index in [0.29, 0.717) is 17.7 Å². The number of benzene rings is 1. The molecule has 2 aromatic rings. The number of amidine groups is 1. The average Bonchev–Trinajstić information content (AvgIpc) is 3.25. The summed E-state index contributed by atoms with van der Waals surface area (Å²) in [5.74, 6) is -0.585. The van der Waals surface area contributed by atoms with Gasteiger partial charge in [0.1, 0.15) is 30.2 Å². The SMILES string of the molecule is O/N=C1/N=CCc2c1ccn2[C@@H]1O[C@H]([C@H](O)c2ccc(Cl)c(F)c2)[C@@H](O)[C@H]1O. The number of rotatable bonds is 3. The summed E-state index contributed by atoms with van der Waals surface area (Å²) in [5, 5.41) is 43.6. The number of aromatic nitrogens is 1. The van der Waals surface area contributed by atoms with Crippen molar-refractivity contribution >= 4 is 23.7 Å². The zero-order chi connectivity index (χ0) is 20.0. The fourth-order valence-corrected chi connectivity index (χ4v) is 3.69. The van der Waals surface area contributed by atoms with Crippen molar-refractivity contribution in [2.45, 2.75) is 37.1 Å². The van der Waals surface area contributed by atoms with Gasteiger partial charge in [-0.25, -0.2) is 9.38 Å². The summed E-state index contributed by atoms with van der Waals surface area (Å²) in [6, 6.07) is 5.42. The Morgan fingerprint density at radius 3 is 2.79 bits per heavy atom. The van der Waals surface area contributed by atoms with Gasteiger partial charge in [-0.1, -0.05) is 22.8 Å². The molecule has 4 N–H and O–H groups in total. The van der Waals surface area contributed by atoms with Crippen LogP contribution in [0.1, 0.15) is 29.2 Å². The van der Waals surface area contributed by atoms with Crippen molar-refractivity contribution in [1.82, 2.24) is 4.57 Å². The van der Waals surface area contributed by atoms with Crippen LogP contribution in [0.15, 0.2) is 40.6 Å². The number of hydrogen-bond donors (Lipinski definition) is 4. The molecular formula is C18H17ClFN3O5. The molecule has 148 valence electrons. The lowest BCUT2D eigenvalue weighted by Crippen LogP contribution is -2.35. The van der Waals surface area contributed by atoms with Gasteiger partial charge >= 0.3 is 0 Å². The maximum atomic E-state index is 13.7. The number of hydrogen-bond acceptors (Lipinski definition) is 6. The summed E-state index contributed by atoms with van der Waals surface area (Å²) in [5.41, 5.74) is 1.40. The third-order valence-electron chi connectivity index (χ3n) is 5.00. The van der Waals surface area contributed by atoms with Crippen molar-refractivity contribution in [3.05, 3.63) is 58.1 Å². The topological polar surface area (TPSA) is 120 Å². The van der Waals surface area contributed by atoms with Crippen LogP contribution in [0.25, 0.3) is 0 Å². The van der Waals surface area contributed by atoms with Crippen molar-refractivity contribution in [3.8, 4) is 0 Å². The van der Waals surface area contributed by atoms with Gasteiger partial charge in [-0.05, 0) is 23.8 Å². The van der Waals surface area contributed by atoms with Crippen molar-refractivity contribution in [2.24, 2.45) is 10.1 Å². The molecule has 0 radical (unpaired) electrons. The molecule has 1 aromatic heterocycles. The van der Waals surface area contributed by atoms with Crippen LogP contribution in [-0.4, -0.2) is 55.5 Å². The van der Waals surface area contributed by atoms with Crippen molar-refractivity contribution < 1.29 is 29.7 Å². The van der Waals surface area contributed by atoms with E-state index < -0.39 is 36.5 Å². The smallest absolute Gasteiger partial charge is 0.199 e. The van der Waals surface area contributed by atoms with Crippen molar-refractivity contribution in [1.29, 1.82) is 0 Å². The van der Waals surface area contributed by atoms with Crippen LogP contribution in [0, 0.1) is 5.82 Å². The molecule has 0 saturated carbocycles. The number of aliphatic imine (C=N–C) groups is 1. The molecule has 4 rings (SSSR count). The predicted octanol–water partition coefficient (Wildman–Crippen LogP) is 1.40. The lowest BCUT2D eigenvalue weighted by molar-refractivity contribution is -0.0865. The number of aliphatic hydroxyl groups is 3. The van der Waals surface area contributed by atoms with Crippen LogP contribution in [-0.2, 0) is 11.2 Å². The van der Waals surface area contributed by atoms with Gasteiger partial charge < -0.3 is 29.8 Å². The Morgan fingerprint density at radius 2 is 2.07 bits per heavy atom. The highest BCUT2D eigenvalue weighted by Gasteiger charge is 2.47. The number of aliphatic hydroxyl groups excluding tert-OH is 3. The minimum absolute atomic E-state index is 0.0938. The fraction of sp³-hybridized carbons (Fsp3) is 0.333. The van der Waals surface area contributed by atoms with Gasteiger partial charge in [0, 0.05) is 30.1 Å². The second kappa shape index (κ2) is 7.26. The number of halogens is 2. The van der Waals surface area contributed by atoms with E-state index in [1.165, 1.54) is 12.1 Å². The minimum atomic E-state index is -1.42. The number of oxime groups is 1. The maximum absolute atomic E-state index is 13.7. The standard InChI is InChI=1S/C18H17ClFN3O5/c19-10-2-1-8(7-11(10)20)13(24)16-14(25)15(26)18(28-16)23-6-4-9-12(23)3-5-21-17(9)22-27/h1-2,4-7,13-16,18,24-27H,3H2/b22-17+/t13-,14+,15-,16-,18-/m1/s1. The lowest BCUT2D eigenvalue weighted by Gasteiger charge is -2.22. The molecule has 2 aliphatic rings. The predicted molar refractivity (Wildman–Crippen MR) is 97.2 cm³/mol. The van der Waals surface area contributed by atoms with E-state index in [-0.39, 0.29) is 16.4 Å². The molecular weight excluding hydrogens is 393 g/mol. The van der Waals surface area contributed by atoms with Gasteiger partial charge in [-0.3, -0.25) is 0 Å². The van der Waals surface area contributed by atoms with Crippen molar-refractivity contribution in [2.75, 3.05) is 0 Å². The number of fused-ring (bicyclic) bond motifs is 1. The highest BCUT2D eigenvalue weighted by molar-refractivity contribution is 6.30. The first-order chi connectivity index (χ1) is 13.4. The first-order valence-corrected chi connectivity index (χ1v) is 8.89. The van der Waals surface area contributed by atoms with Gasteiger partial charge in [0.05, 0.1) is 5.02 Å². The van der Waals surface area contributed by atoms with Crippen LogP contribution in [0.4, 0.5) is 4.39 Å². The van der Waals surface area contributed by atoms with Gasteiger partial charge in [-0.2, -0.15) is 0 Å². The summed E-state index contributed by atoms with van der Waals surface area (Å²) in [7, 11) is 0. The Morgan fingerprint density at radius 1 is 1.29 bits per heavy atom. The second-order valence-electron chi connectivity index (χ2n) is 6.61. The molecule has 2 aliphatic heterocycles. The van der Waals surface area contributed by atoms with Gasteiger partial charge in [0.15, 0.2) is 12.1 Å². The summed E-state index contributed by atoms with van der Waals surface area (Å²) < 4.78 is 21.1. The molecule has 1 saturated heterocycles. The molecule has 0 amide bonds. The van der Waals surface area contributed by atoms with E-state index in [2.05, 4.69) is 10.1 Å². The van der Waals surface area contributed by atoms with E-state index >= 15 is 0 Å². The molecule has 3 heterocycles. The molecule has 5 atom stereocenters.